The summed E-state index contributed by atoms with van der Waals surface area (Å²) in [7, 11) is 3.48. The van der Waals surface area contributed by atoms with E-state index in [4.69, 9.17) is 11.6 Å². The highest BCUT2D eigenvalue weighted by atomic mass is 35.5. The number of halogens is 1. The number of amides is 1. The number of hydrogen-bond acceptors (Lipinski definition) is 3. The van der Waals surface area contributed by atoms with Crippen LogP contribution in [0.3, 0.4) is 0 Å². The summed E-state index contributed by atoms with van der Waals surface area (Å²) in [5.74, 6) is 0.691. The molecular formula is C16H22ClN3O. The lowest BCUT2D eigenvalue weighted by atomic mass is 9.84. The van der Waals surface area contributed by atoms with E-state index in [2.05, 4.69) is 10.2 Å². The summed E-state index contributed by atoms with van der Waals surface area (Å²) in [6.07, 6.45) is 2.55. The molecule has 1 atom stereocenters. The normalized spacial score (nSPS) is 27.5. The lowest BCUT2D eigenvalue weighted by Gasteiger charge is -2.45. The zero-order chi connectivity index (χ0) is 15.0. The Balaban J connectivity index is 1.77. The second-order valence-electron chi connectivity index (χ2n) is 6.28. The highest BCUT2D eigenvalue weighted by Crippen LogP contribution is 2.30. The average molecular weight is 308 g/mol. The minimum absolute atomic E-state index is 0.0578. The van der Waals surface area contributed by atoms with Crippen LogP contribution in [0.5, 0.6) is 0 Å². The maximum atomic E-state index is 12.1. The van der Waals surface area contributed by atoms with Gasteiger partial charge in [0.05, 0.1) is 10.6 Å². The molecular weight excluding hydrogens is 286 g/mol. The highest BCUT2D eigenvalue weighted by Gasteiger charge is 2.34. The van der Waals surface area contributed by atoms with Crippen LogP contribution in [0.25, 0.3) is 0 Å². The Kier molecular flexibility index (Phi) is 4.09. The number of rotatable bonds is 3. The minimum Gasteiger partial charge on any atom is -0.381 e. The molecule has 1 aromatic carbocycles. The van der Waals surface area contributed by atoms with E-state index in [0.29, 0.717) is 16.6 Å². The van der Waals surface area contributed by atoms with E-state index in [9.17, 15) is 4.79 Å². The van der Waals surface area contributed by atoms with Gasteiger partial charge in [-0.3, -0.25) is 4.79 Å². The van der Waals surface area contributed by atoms with Crippen LogP contribution < -0.4 is 5.32 Å². The predicted octanol–water partition coefficient (Wildman–Crippen LogP) is 2.55. The number of anilines is 1. The molecule has 0 aliphatic carbocycles. The fraction of sp³-hybridized carbons (Fsp3) is 0.562. The zero-order valence-electron chi connectivity index (χ0n) is 12.6. The van der Waals surface area contributed by atoms with Crippen LogP contribution in [0.1, 0.15) is 23.2 Å². The molecule has 0 radical (unpaired) electrons. The molecule has 1 N–H and O–H groups in total. The Hall–Kier alpha value is -1.26. The number of fused-ring (bicyclic) bond motifs is 3. The Morgan fingerprint density at radius 2 is 2.05 bits per heavy atom. The van der Waals surface area contributed by atoms with Gasteiger partial charge in [-0.15, -0.1) is 0 Å². The largest absolute Gasteiger partial charge is 0.381 e. The van der Waals surface area contributed by atoms with Crippen LogP contribution in [0.15, 0.2) is 18.2 Å². The fourth-order valence-electron chi connectivity index (χ4n) is 3.36. The van der Waals surface area contributed by atoms with Gasteiger partial charge >= 0.3 is 0 Å². The van der Waals surface area contributed by atoms with Crippen molar-refractivity contribution in [1.82, 2.24) is 9.80 Å². The quantitative estimate of drug-likeness (QED) is 0.932. The summed E-state index contributed by atoms with van der Waals surface area (Å²) in [6, 6.07) is 6.13. The van der Waals surface area contributed by atoms with Crippen LogP contribution in [0.4, 0.5) is 5.69 Å². The summed E-state index contributed by atoms with van der Waals surface area (Å²) >= 11 is 6.16. The lowest BCUT2D eigenvalue weighted by Crippen LogP contribution is -2.53. The number of carbonyl (C=O) groups is 1. The van der Waals surface area contributed by atoms with Crippen molar-refractivity contribution in [2.24, 2.45) is 5.92 Å². The second-order valence-corrected chi connectivity index (χ2v) is 6.69. The maximum Gasteiger partial charge on any atom is 0.254 e. The third-order valence-electron chi connectivity index (χ3n) is 4.61. The summed E-state index contributed by atoms with van der Waals surface area (Å²) in [4.78, 5) is 16.2. The Morgan fingerprint density at radius 1 is 1.33 bits per heavy atom. The van der Waals surface area contributed by atoms with Gasteiger partial charge in [0.1, 0.15) is 0 Å². The van der Waals surface area contributed by atoms with Crippen molar-refractivity contribution in [3.05, 3.63) is 28.8 Å². The van der Waals surface area contributed by atoms with Crippen molar-refractivity contribution in [1.29, 1.82) is 0 Å². The van der Waals surface area contributed by atoms with E-state index in [1.54, 1.807) is 19.0 Å². The third kappa shape index (κ3) is 3.01. The van der Waals surface area contributed by atoms with Crippen molar-refractivity contribution >= 4 is 23.2 Å². The zero-order valence-corrected chi connectivity index (χ0v) is 13.4. The standard InChI is InChI=1S/C16H22ClN3O/c1-19(2)16(21)13-9-12(3-4-14(13)17)18-15-10-20-7-5-11(15)6-8-20/h3-4,9,11,15,18H,5-8,10H2,1-2H3. The Labute approximate surface area is 131 Å². The molecule has 2 bridgehead atoms. The van der Waals surface area contributed by atoms with E-state index < -0.39 is 0 Å². The van der Waals surface area contributed by atoms with Gasteiger partial charge in [-0.05, 0) is 50.0 Å². The van der Waals surface area contributed by atoms with Crippen molar-refractivity contribution in [2.75, 3.05) is 39.0 Å². The highest BCUT2D eigenvalue weighted by molar-refractivity contribution is 6.34. The average Bonchev–Trinajstić information content (AvgIpc) is 2.49. The maximum absolute atomic E-state index is 12.1. The molecule has 0 saturated carbocycles. The molecule has 3 aliphatic rings. The van der Waals surface area contributed by atoms with Crippen LogP contribution in [-0.2, 0) is 0 Å². The summed E-state index contributed by atoms with van der Waals surface area (Å²) < 4.78 is 0. The van der Waals surface area contributed by atoms with Gasteiger partial charge in [0.2, 0.25) is 0 Å². The first-order chi connectivity index (χ1) is 10.0. The van der Waals surface area contributed by atoms with Gasteiger partial charge < -0.3 is 15.1 Å². The second kappa shape index (κ2) is 5.85. The van der Waals surface area contributed by atoms with Gasteiger partial charge in [0.25, 0.3) is 5.91 Å². The van der Waals surface area contributed by atoms with Crippen LogP contribution in [0.2, 0.25) is 5.02 Å². The number of nitrogens with one attached hydrogen (secondary N) is 1. The van der Waals surface area contributed by atoms with E-state index in [-0.39, 0.29) is 5.91 Å². The first-order valence-corrected chi connectivity index (χ1v) is 7.92. The van der Waals surface area contributed by atoms with Crippen molar-refractivity contribution < 1.29 is 4.79 Å². The van der Waals surface area contributed by atoms with Crippen LogP contribution >= 0.6 is 11.6 Å². The van der Waals surface area contributed by atoms with E-state index in [1.807, 2.05) is 18.2 Å². The first kappa shape index (κ1) is 14.7. The van der Waals surface area contributed by atoms with Gasteiger partial charge in [-0.25, -0.2) is 0 Å². The van der Waals surface area contributed by atoms with E-state index in [1.165, 1.54) is 25.9 Å². The number of nitrogens with zero attached hydrogens (tertiary/aromatic N) is 2. The van der Waals surface area contributed by atoms with E-state index in [0.717, 1.165) is 18.2 Å². The molecule has 3 saturated heterocycles. The monoisotopic (exact) mass is 307 g/mol. The third-order valence-corrected chi connectivity index (χ3v) is 4.94. The smallest absolute Gasteiger partial charge is 0.254 e. The molecule has 1 amide bonds. The Morgan fingerprint density at radius 3 is 2.62 bits per heavy atom. The molecule has 1 unspecified atom stereocenters. The Bertz CT molecular complexity index is 538. The van der Waals surface area contributed by atoms with Crippen LogP contribution in [-0.4, -0.2) is 55.5 Å². The molecule has 3 heterocycles. The van der Waals surface area contributed by atoms with Crippen molar-refractivity contribution in [3.8, 4) is 0 Å². The van der Waals surface area contributed by atoms with Gasteiger partial charge in [0.15, 0.2) is 0 Å². The molecule has 3 aliphatic heterocycles. The first-order valence-electron chi connectivity index (χ1n) is 7.54. The predicted molar refractivity (Wildman–Crippen MR) is 86.0 cm³/mol. The van der Waals surface area contributed by atoms with Crippen molar-refractivity contribution in [3.63, 3.8) is 0 Å². The molecule has 4 nitrogen and oxygen atoms in total. The molecule has 1 aromatic rings. The molecule has 4 rings (SSSR count). The summed E-state index contributed by atoms with van der Waals surface area (Å²) in [5, 5.41) is 4.11. The summed E-state index contributed by atoms with van der Waals surface area (Å²) in [5.41, 5.74) is 1.55. The SMILES string of the molecule is CN(C)C(=O)c1cc(NC2CN3CCC2CC3)ccc1Cl. The number of piperidine rings is 3. The van der Waals surface area contributed by atoms with Crippen LogP contribution in [0, 0.1) is 5.92 Å². The molecule has 21 heavy (non-hydrogen) atoms. The topological polar surface area (TPSA) is 35.6 Å². The van der Waals surface area contributed by atoms with Gasteiger partial charge in [0, 0.05) is 32.4 Å². The minimum atomic E-state index is -0.0578. The number of carbonyl (C=O) groups excluding carboxylic acids is 1. The van der Waals surface area contributed by atoms with Gasteiger partial charge in [-0.2, -0.15) is 0 Å². The summed E-state index contributed by atoms with van der Waals surface area (Å²) in [6.45, 7) is 3.56. The number of benzene rings is 1. The van der Waals surface area contributed by atoms with Crippen molar-refractivity contribution in [2.45, 2.75) is 18.9 Å². The lowest BCUT2D eigenvalue weighted by molar-refractivity contribution is 0.0827. The molecule has 0 aromatic heterocycles. The molecule has 0 spiro atoms. The number of hydrogen-bond donors (Lipinski definition) is 1. The molecule has 5 heteroatoms. The molecule has 3 fully saturated rings. The molecule has 114 valence electrons. The van der Waals surface area contributed by atoms with Gasteiger partial charge in [-0.1, -0.05) is 11.6 Å². The fourth-order valence-corrected chi connectivity index (χ4v) is 3.56. The van der Waals surface area contributed by atoms with E-state index >= 15 is 0 Å².